The van der Waals surface area contributed by atoms with E-state index in [1.165, 1.54) is 0 Å². The van der Waals surface area contributed by atoms with Crippen LogP contribution in [0.4, 0.5) is 5.82 Å². The maximum atomic E-state index is 9.80. The smallest absolute Gasteiger partial charge is 0.148 e. The summed E-state index contributed by atoms with van der Waals surface area (Å²) >= 11 is 3.35. The zero-order chi connectivity index (χ0) is 13.7. The van der Waals surface area contributed by atoms with Gasteiger partial charge in [0.05, 0.1) is 0 Å². The number of halogens is 1. The topological polar surface area (TPSA) is 59.3 Å². The number of aliphatic hydroxyl groups is 1. The average Bonchev–Trinajstić information content (AvgIpc) is 2.81. The zero-order valence-electron chi connectivity index (χ0n) is 10.6. The standard InChI is InChI=1S/C13H16BrN3O2/c1-17-7-6-13(16-17)15-8-11(18)9-19-12-4-2-10(14)3-5-12/h2-7,11,18H,8-9H2,1H3,(H,15,16). The van der Waals surface area contributed by atoms with Crippen LogP contribution in [-0.2, 0) is 7.05 Å². The number of hydrogen-bond acceptors (Lipinski definition) is 4. The summed E-state index contributed by atoms with van der Waals surface area (Å²) in [5, 5.41) is 17.0. The summed E-state index contributed by atoms with van der Waals surface area (Å²) in [5.41, 5.74) is 0. The third-order valence-corrected chi connectivity index (χ3v) is 3.02. The molecule has 2 aromatic rings. The van der Waals surface area contributed by atoms with Gasteiger partial charge < -0.3 is 15.2 Å². The van der Waals surface area contributed by atoms with Gasteiger partial charge in [-0.3, -0.25) is 4.68 Å². The molecule has 0 radical (unpaired) electrons. The van der Waals surface area contributed by atoms with E-state index in [0.29, 0.717) is 6.54 Å². The van der Waals surface area contributed by atoms with Gasteiger partial charge >= 0.3 is 0 Å². The average molecular weight is 326 g/mol. The minimum atomic E-state index is -0.592. The quantitative estimate of drug-likeness (QED) is 0.853. The Morgan fingerprint density at radius 1 is 1.37 bits per heavy atom. The molecule has 1 heterocycles. The van der Waals surface area contributed by atoms with Crippen LogP contribution in [0.3, 0.4) is 0 Å². The molecule has 102 valence electrons. The van der Waals surface area contributed by atoms with E-state index in [1.807, 2.05) is 43.6 Å². The zero-order valence-corrected chi connectivity index (χ0v) is 12.2. The number of aromatic nitrogens is 2. The Labute approximate surface area is 120 Å². The number of nitrogens with zero attached hydrogens (tertiary/aromatic N) is 2. The third kappa shape index (κ3) is 4.57. The molecule has 1 atom stereocenters. The van der Waals surface area contributed by atoms with E-state index < -0.39 is 6.10 Å². The first-order valence-corrected chi connectivity index (χ1v) is 6.73. The molecule has 0 aliphatic heterocycles. The molecular formula is C13H16BrN3O2. The number of nitrogens with one attached hydrogen (secondary N) is 1. The molecule has 0 saturated heterocycles. The van der Waals surface area contributed by atoms with E-state index in [0.717, 1.165) is 16.0 Å². The van der Waals surface area contributed by atoms with E-state index in [-0.39, 0.29) is 6.61 Å². The Kier molecular flexibility index (Phi) is 4.81. The number of aryl methyl sites for hydroxylation is 1. The van der Waals surface area contributed by atoms with Crippen LogP contribution in [0.2, 0.25) is 0 Å². The Bertz CT molecular complexity index is 513. The summed E-state index contributed by atoms with van der Waals surface area (Å²) < 4.78 is 8.18. The molecule has 0 amide bonds. The van der Waals surface area contributed by atoms with Gasteiger partial charge in [-0.25, -0.2) is 0 Å². The van der Waals surface area contributed by atoms with Gasteiger partial charge in [-0.2, -0.15) is 5.10 Å². The van der Waals surface area contributed by atoms with Gasteiger partial charge in [0.15, 0.2) is 0 Å². The fourth-order valence-corrected chi connectivity index (χ4v) is 1.78. The summed E-state index contributed by atoms with van der Waals surface area (Å²) in [5.74, 6) is 1.48. The van der Waals surface area contributed by atoms with Gasteiger partial charge in [0.25, 0.3) is 0 Å². The van der Waals surface area contributed by atoms with Crippen molar-refractivity contribution in [1.29, 1.82) is 0 Å². The number of ether oxygens (including phenoxy) is 1. The van der Waals surface area contributed by atoms with Gasteiger partial charge in [-0.1, -0.05) is 15.9 Å². The summed E-state index contributed by atoms with van der Waals surface area (Å²) in [6.45, 7) is 0.634. The summed E-state index contributed by atoms with van der Waals surface area (Å²) in [4.78, 5) is 0. The van der Waals surface area contributed by atoms with E-state index in [4.69, 9.17) is 4.74 Å². The molecule has 2 rings (SSSR count). The fourth-order valence-electron chi connectivity index (χ4n) is 1.51. The molecule has 19 heavy (non-hydrogen) atoms. The Morgan fingerprint density at radius 2 is 2.11 bits per heavy atom. The van der Waals surface area contributed by atoms with Crippen molar-refractivity contribution in [2.75, 3.05) is 18.5 Å². The molecule has 6 heteroatoms. The number of anilines is 1. The van der Waals surface area contributed by atoms with Gasteiger partial charge in [0, 0.05) is 30.3 Å². The first-order valence-electron chi connectivity index (χ1n) is 5.93. The lowest BCUT2D eigenvalue weighted by Gasteiger charge is -2.12. The van der Waals surface area contributed by atoms with Crippen LogP contribution in [-0.4, -0.2) is 34.1 Å². The van der Waals surface area contributed by atoms with E-state index in [1.54, 1.807) is 4.68 Å². The predicted molar refractivity (Wildman–Crippen MR) is 77.3 cm³/mol. The highest BCUT2D eigenvalue weighted by atomic mass is 79.9. The van der Waals surface area contributed by atoms with Crippen molar-refractivity contribution in [1.82, 2.24) is 9.78 Å². The molecule has 0 bridgehead atoms. The summed E-state index contributed by atoms with van der Waals surface area (Å²) in [6, 6.07) is 9.34. The molecule has 1 unspecified atom stereocenters. The van der Waals surface area contributed by atoms with Crippen LogP contribution in [0.25, 0.3) is 0 Å². The number of aliphatic hydroxyl groups excluding tert-OH is 1. The van der Waals surface area contributed by atoms with E-state index >= 15 is 0 Å². The van der Waals surface area contributed by atoms with Gasteiger partial charge in [-0.05, 0) is 24.3 Å². The van der Waals surface area contributed by atoms with Gasteiger partial charge in [0.2, 0.25) is 0 Å². The van der Waals surface area contributed by atoms with Crippen molar-refractivity contribution < 1.29 is 9.84 Å². The van der Waals surface area contributed by atoms with Crippen molar-refractivity contribution in [3.63, 3.8) is 0 Å². The molecule has 0 spiro atoms. The first kappa shape index (κ1) is 13.9. The second-order valence-corrected chi connectivity index (χ2v) is 5.09. The third-order valence-electron chi connectivity index (χ3n) is 2.49. The number of rotatable bonds is 6. The van der Waals surface area contributed by atoms with E-state index in [2.05, 4.69) is 26.3 Å². The molecule has 2 N–H and O–H groups in total. The van der Waals surface area contributed by atoms with Crippen molar-refractivity contribution in [2.45, 2.75) is 6.10 Å². The van der Waals surface area contributed by atoms with Crippen LogP contribution < -0.4 is 10.1 Å². The van der Waals surface area contributed by atoms with Crippen LogP contribution >= 0.6 is 15.9 Å². The molecule has 0 aliphatic carbocycles. The second-order valence-electron chi connectivity index (χ2n) is 4.17. The largest absolute Gasteiger partial charge is 0.491 e. The minimum absolute atomic E-state index is 0.238. The van der Waals surface area contributed by atoms with Crippen LogP contribution in [0, 0.1) is 0 Å². The van der Waals surface area contributed by atoms with Crippen molar-refractivity contribution in [2.24, 2.45) is 7.05 Å². The first-order chi connectivity index (χ1) is 9.13. The normalized spacial score (nSPS) is 12.2. The van der Waals surface area contributed by atoms with Crippen LogP contribution in [0.15, 0.2) is 41.0 Å². The van der Waals surface area contributed by atoms with Crippen molar-refractivity contribution >= 4 is 21.7 Å². The summed E-state index contributed by atoms with van der Waals surface area (Å²) in [7, 11) is 1.85. The Balaban J connectivity index is 1.72. The SMILES string of the molecule is Cn1ccc(NCC(O)COc2ccc(Br)cc2)n1. The Hall–Kier alpha value is -1.53. The fraction of sp³-hybridized carbons (Fsp3) is 0.308. The van der Waals surface area contributed by atoms with Crippen LogP contribution in [0.5, 0.6) is 5.75 Å². The highest BCUT2D eigenvalue weighted by Gasteiger charge is 2.06. The lowest BCUT2D eigenvalue weighted by atomic mass is 10.3. The Morgan fingerprint density at radius 3 is 2.74 bits per heavy atom. The van der Waals surface area contributed by atoms with Crippen LogP contribution in [0.1, 0.15) is 0 Å². The number of hydrogen-bond donors (Lipinski definition) is 2. The molecule has 0 saturated carbocycles. The molecule has 5 nitrogen and oxygen atoms in total. The van der Waals surface area contributed by atoms with Gasteiger partial charge in [-0.15, -0.1) is 0 Å². The highest BCUT2D eigenvalue weighted by molar-refractivity contribution is 9.10. The molecule has 1 aromatic carbocycles. The molecule has 1 aromatic heterocycles. The minimum Gasteiger partial charge on any atom is -0.491 e. The van der Waals surface area contributed by atoms with Crippen molar-refractivity contribution in [3.8, 4) is 5.75 Å². The molecular weight excluding hydrogens is 310 g/mol. The maximum Gasteiger partial charge on any atom is 0.148 e. The molecule has 0 fully saturated rings. The summed E-state index contributed by atoms with van der Waals surface area (Å²) in [6.07, 6.45) is 1.25. The monoisotopic (exact) mass is 325 g/mol. The van der Waals surface area contributed by atoms with E-state index in [9.17, 15) is 5.11 Å². The maximum absolute atomic E-state index is 9.80. The number of benzene rings is 1. The predicted octanol–water partition coefficient (Wildman–Crippen LogP) is 2.03. The lowest BCUT2D eigenvalue weighted by Crippen LogP contribution is -2.26. The lowest BCUT2D eigenvalue weighted by molar-refractivity contribution is 0.117. The molecule has 0 aliphatic rings. The second kappa shape index (κ2) is 6.58. The van der Waals surface area contributed by atoms with Crippen molar-refractivity contribution in [3.05, 3.63) is 41.0 Å². The highest BCUT2D eigenvalue weighted by Crippen LogP contribution is 2.16. The van der Waals surface area contributed by atoms with Gasteiger partial charge in [0.1, 0.15) is 24.3 Å².